The number of aromatic amines is 1. The van der Waals surface area contributed by atoms with E-state index in [2.05, 4.69) is 14.5 Å². The van der Waals surface area contributed by atoms with Crippen LogP contribution in [-0.4, -0.2) is 38.9 Å². The van der Waals surface area contributed by atoms with E-state index >= 15 is 0 Å². The summed E-state index contributed by atoms with van der Waals surface area (Å²) in [5.74, 6) is 1.69. The van der Waals surface area contributed by atoms with Crippen LogP contribution in [0.5, 0.6) is 0 Å². The Morgan fingerprint density at radius 3 is 3.26 bits per heavy atom. The zero-order chi connectivity index (χ0) is 15.8. The Morgan fingerprint density at radius 1 is 1.43 bits per heavy atom. The van der Waals surface area contributed by atoms with Gasteiger partial charge in [0.1, 0.15) is 5.82 Å². The summed E-state index contributed by atoms with van der Waals surface area (Å²) in [6.07, 6.45) is 7.83. The van der Waals surface area contributed by atoms with Crippen molar-refractivity contribution in [2.24, 2.45) is 5.92 Å². The molecule has 118 valence electrons. The molecule has 0 radical (unpaired) electrons. The topological polar surface area (TPSA) is 53.9 Å². The first-order valence-electron chi connectivity index (χ1n) is 8.03. The van der Waals surface area contributed by atoms with Crippen molar-refractivity contribution in [2.75, 3.05) is 13.6 Å². The molecule has 3 heterocycles. The molecule has 23 heavy (non-hydrogen) atoms. The molecule has 0 saturated carbocycles. The van der Waals surface area contributed by atoms with Crippen molar-refractivity contribution in [3.63, 3.8) is 0 Å². The first-order chi connectivity index (χ1) is 11.2. The zero-order valence-electron chi connectivity index (χ0n) is 13.2. The van der Waals surface area contributed by atoms with Gasteiger partial charge in [0.2, 0.25) is 0 Å². The lowest BCUT2D eigenvalue weighted by Gasteiger charge is -2.28. The quantitative estimate of drug-likeness (QED) is 0.809. The Balaban J connectivity index is 1.46. The summed E-state index contributed by atoms with van der Waals surface area (Å²) in [6.45, 7) is 1.77. The third-order valence-corrected chi connectivity index (χ3v) is 4.73. The number of nitrogens with one attached hydrogen (secondary N) is 1. The molecule has 2 aromatic heterocycles. The number of aryl methyl sites for hydroxylation is 1. The fraction of sp³-hybridized carbons (Fsp3) is 0.333. The predicted molar refractivity (Wildman–Crippen MR) is 89.3 cm³/mol. The molecule has 0 spiro atoms. The largest absolute Gasteiger partial charge is 0.361 e. The van der Waals surface area contributed by atoms with E-state index in [1.807, 2.05) is 54.8 Å². The third kappa shape index (κ3) is 2.63. The van der Waals surface area contributed by atoms with Crippen LogP contribution in [0.3, 0.4) is 0 Å². The maximum Gasteiger partial charge on any atom is 0.253 e. The number of hydrogen-bond acceptors (Lipinski definition) is 2. The highest BCUT2D eigenvalue weighted by atomic mass is 16.2. The molecule has 1 aromatic carbocycles. The van der Waals surface area contributed by atoms with Crippen molar-refractivity contribution < 1.29 is 4.79 Å². The molecule has 1 aliphatic rings. The number of hydrogen-bond donors (Lipinski definition) is 1. The van der Waals surface area contributed by atoms with Gasteiger partial charge in [-0.3, -0.25) is 4.79 Å². The van der Waals surface area contributed by atoms with Crippen LogP contribution in [0.25, 0.3) is 10.9 Å². The average Bonchev–Trinajstić information content (AvgIpc) is 3.21. The molecular formula is C18H20N4O. The Kier molecular flexibility index (Phi) is 3.41. The molecule has 1 unspecified atom stereocenters. The van der Waals surface area contributed by atoms with Crippen LogP contribution in [0.2, 0.25) is 0 Å². The van der Waals surface area contributed by atoms with Crippen molar-refractivity contribution in [1.29, 1.82) is 0 Å². The standard InChI is InChI=1S/C18H20N4O/c1-21(12-13-5-8-22-9-7-20-17(22)10-13)18(23)15-3-2-14-4-6-19-16(14)11-15/h2-4,6-7,9,11,13,19H,5,8,10,12H2,1H3. The summed E-state index contributed by atoms with van der Waals surface area (Å²) >= 11 is 0. The van der Waals surface area contributed by atoms with E-state index in [4.69, 9.17) is 0 Å². The maximum absolute atomic E-state index is 12.7. The van der Waals surface area contributed by atoms with Crippen molar-refractivity contribution in [2.45, 2.75) is 19.4 Å². The Morgan fingerprint density at radius 2 is 2.35 bits per heavy atom. The molecular weight excluding hydrogens is 288 g/mol. The number of amides is 1. The van der Waals surface area contributed by atoms with E-state index in [1.54, 1.807) is 0 Å². The summed E-state index contributed by atoms with van der Waals surface area (Å²) in [5.41, 5.74) is 1.74. The highest BCUT2D eigenvalue weighted by molar-refractivity contribution is 5.97. The van der Waals surface area contributed by atoms with Crippen molar-refractivity contribution in [3.05, 3.63) is 54.2 Å². The van der Waals surface area contributed by atoms with E-state index in [0.717, 1.165) is 48.2 Å². The SMILES string of the molecule is CN(CC1CCn2ccnc2C1)C(=O)c1ccc2cc[nH]c2c1. The second-order valence-electron chi connectivity index (χ2n) is 6.36. The number of rotatable bonds is 3. The van der Waals surface area contributed by atoms with Crippen molar-refractivity contribution >= 4 is 16.8 Å². The van der Waals surface area contributed by atoms with Crippen LogP contribution in [0.15, 0.2) is 42.9 Å². The summed E-state index contributed by atoms with van der Waals surface area (Å²) in [7, 11) is 1.89. The summed E-state index contributed by atoms with van der Waals surface area (Å²) in [5, 5.41) is 1.13. The van der Waals surface area contributed by atoms with Crippen LogP contribution < -0.4 is 0 Å². The maximum atomic E-state index is 12.7. The van der Waals surface area contributed by atoms with E-state index in [-0.39, 0.29) is 5.91 Å². The van der Waals surface area contributed by atoms with E-state index in [9.17, 15) is 4.79 Å². The fourth-order valence-corrected chi connectivity index (χ4v) is 3.44. The van der Waals surface area contributed by atoms with E-state index < -0.39 is 0 Å². The van der Waals surface area contributed by atoms with Gasteiger partial charge in [-0.1, -0.05) is 6.07 Å². The van der Waals surface area contributed by atoms with Gasteiger partial charge in [-0.05, 0) is 35.9 Å². The smallest absolute Gasteiger partial charge is 0.253 e. The minimum Gasteiger partial charge on any atom is -0.361 e. The number of carbonyl (C=O) groups is 1. The molecule has 0 saturated heterocycles. The normalized spacial score (nSPS) is 17.2. The van der Waals surface area contributed by atoms with Crippen molar-refractivity contribution in [1.82, 2.24) is 19.4 Å². The number of nitrogens with zero attached hydrogens (tertiary/aromatic N) is 3. The monoisotopic (exact) mass is 308 g/mol. The van der Waals surface area contributed by atoms with Crippen LogP contribution >= 0.6 is 0 Å². The lowest BCUT2D eigenvalue weighted by molar-refractivity contribution is 0.0764. The second kappa shape index (κ2) is 5.57. The van der Waals surface area contributed by atoms with Crippen LogP contribution in [0.1, 0.15) is 22.6 Å². The van der Waals surface area contributed by atoms with Gasteiger partial charge in [-0.15, -0.1) is 0 Å². The van der Waals surface area contributed by atoms with Gasteiger partial charge < -0.3 is 14.5 Å². The molecule has 5 heteroatoms. The minimum atomic E-state index is 0.0791. The van der Waals surface area contributed by atoms with Gasteiger partial charge >= 0.3 is 0 Å². The fourth-order valence-electron chi connectivity index (χ4n) is 3.44. The predicted octanol–water partition coefficient (Wildman–Crippen LogP) is 2.70. The molecule has 3 aromatic rings. The summed E-state index contributed by atoms with van der Waals surface area (Å²) in [6, 6.07) is 7.84. The molecule has 1 N–H and O–H groups in total. The lowest BCUT2D eigenvalue weighted by atomic mass is 9.97. The van der Waals surface area contributed by atoms with Gasteiger partial charge in [-0.25, -0.2) is 4.98 Å². The molecule has 1 amide bonds. The zero-order valence-corrected chi connectivity index (χ0v) is 13.2. The molecule has 0 fully saturated rings. The number of carbonyl (C=O) groups excluding carboxylic acids is 1. The minimum absolute atomic E-state index is 0.0791. The molecule has 1 atom stereocenters. The average molecular weight is 308 g/mol. The number of fused-ring (bicyclic) bond motifs is 2. The van der Waals surface area contributed by atoms with Gasteiger partial charge in [0.15, 0.2) is 0 Å². The van der Waals surface area contributed by atoms with Gasteiger partial charge in [0, 0.05) is 56.2 Å². The molecule has 4 rings (SSSR count). The van der Waals surface area contributed by atoms with E-state index in [0.29, 0.717) is 5.92 Å². The summed E-state index contributed by atoms with van der Waals surface area (Å²) in [4.78, 5) is 22.1. The van der Waals surface area contributed by atoms with Crippen LogP contribution in [-0.2, 0) is 13.0 Å². The lowest BCUT2D eigenvalue weighted by Crippen LogP contribution is -2.35. The molecule has 0 aliphatic carbocycles. The first-order valence-corrected chi connectivity index (χ1v) is 8.03. The van der Waals surface area contributed by atoms with E-state index in [1.165, 1.54) is 0 Å². The number of imidazole rings is 1. The molecule has 1 aliphatic heterocycles. The number of aromatic nitrogens is 3. The Hall–Kier alpha value is -2.56. The Bertz CT molecular complexity index is 847. The summed E-state index contributed by atoms with van der Waals surface area (Å²) < 4.78 is 2.21. The number of benzene rings is 1. The van der Waals surface area contributed by atoms with Crippen molar-refractivity contribution in [3.8, 4) is 0 Å². The molecule has 0 bridgehead atoms. The Labute approximate surface area is 134 Å². The second-order valence-corrected chi connectivity index (χ2v) is 6.36. The van der Waals surface area contributed by atoms with Gasteiger partial charge in [-0.2, -0.15) is 0 Å². The highest BCUT2D eigenvalue weighted by Crippen LogP contribution is 2.21. The van der Waals surface area contributed by atoms with Crippen LogP contribution in [0.4, 0.5) is 0 Å². The van der Waals surface area contributed by atoms with Gasteiger partial charge in [0.25, 0.3) is 5.91 Å². The van der Waals surface area contributed by atoms with Crippen LogP contribution in [0, 0.1) is 5.92 Å². The first kappa shape index (κ1) is 14.1. The third-order valence-electron chi connectivity index (χ3n) is 4.73. The highest BCUT2D eigenvalue weighted by Gasteiger charge is 2.22. The number of H-pyrrole nitrogens is 1. The molecule has 5 nitrogen and oxygen atoms in total. The van der Waals surface area contributed by atoms with Gasteiger partial charge in [0.05, 0.1) is 0 Å².